The zero-order valence-electron chi connectivity index (χ0n) is 10.9. The van der Waals surface area contributed by atoms with Gasteiger partial charge in [-0.05, 0) is 29.1 Å². The second-order valence-corrected chi connectivity index (χ2v) is 7.51. The van der Waals surface area contributed by atoms with Crippen molar-refractivity contribution in [2.45, 2.75) is 11.4 Å². The second-order valence-electron chi connectivity index (χ2n) is 4.33. The van der Waals surface area contributed by atoms with E-state index in [0.717, 1.165) is 34.1 Å². The fourth-order valence-electron chi connectivity index (χ4n) is 1.86. The van der Waals surface area contributed by atoms with Crippen molar-refractivity contribution < 1.29 is 18.3 Å². The Bertz CT molecular complexity index is 945. The molecule has 114 valence electrons. The van der Waals surface area contributed by atoms with Crippen molar-refractivity contribution in [3.05, 3.63) is 40.1 Å². The van der Waals surface area contributed by atoms with Gasteiger partial charge in [0.15, 0.2) is 0 Å². The molecule has 0 unspecified atom stereocenters. The molecule has 7 nitrogen and oxygen atoms in total. The van der Waals surface area contributed by atoms with E-state index >= 15 is 0 Å². The standard InChI is InChI=1S/C12H9N3O4S3/c16-12(17)11-10(3-4-20-11)22(18,19)13-6-7-1-2-8-9(5-7)15-21-14-8/h1-5,13H,6H2,(H,16,17). The molecule has 0 saturated carbocycles. The summed E-state index contributed by atoms with van der Waals surface area (Å²) in [7, 11) is -3.88. The van der Waals surface area contributed by atoms with Crippen molar-refractivity contribution in [1.29, 1.82) is 0 Å². The summed E-state index contributed by atoms with van der Waals surface area (Å²) in [6.45, 7) is 0.0463. The molecule has 3 rings (SSSR count). The Balaban J connectivity index is 1.82. The average Bonchev–Trinajstić information content (AvgIpc) is 3.13. The molecule has 0 radical (unpaired) electrons. The number of hydrogen-bond donors (Lipinski definition) is 2. The molecule has 10 heteroatoms. The van der Waals surface area contributed by atoms with Gasteiger partial charge in [-0.15, -0.1) is 11.3 Å². The Hall–Kier alpha value is -1.88. The summed E-state index contributed by atoms with van der Waals surface area (Å²) in [6.07, 6.45) is 0. The molecule has 0 atom stereocenters. The molecule has 22 heavy (non-hydrogen) atoms. The number of thiophene rings is 1. The molecule has 0 aliphatic heterocycles. The van der Waals surface area contributed by atoms with Gasteiger partial charge in [0.1, 0.15) is 20.8 Å². The van der Waals surface area contributed by atoms with Gasteiger partial charge in [-0.2, -0.15) is 8.75 Å². The van der Waals surface area contributed by atoms with Gasteiger partial charge in [0.2, 0.25) is 10.0 Å². The second kappa shape index (κ2) is 5.72. The van der Waals surface area contributed by atoms with E-state index in [2.05, 4.69) is 13.5 Å². The van der Waals surface area contributed by atoms with E-state index in [1.807, 2.05) is 0 Å². The summed E-state index contributed by atoms with van der Waals surface area (Å²) in [6, 6.07) is 6.53. The highest BCUT2D eigenvalue weighted by atomic mass is 32.2. The predicted octanol–water partition coefficient (Wildman–Crippen LogP) is 1.93. The van der Waals surface area contributed by atoms with Gasteiger partial charge in [0.25, 0.3) is 0 Å². The van der Waals surface area contributed by atoms with Crippen LogP contribution in [0.5, 0.6) is 0 Å². The normalized spacial score (nSPS) is 11.8. The van der Waals surface area contributed by atoms with E-state index < -0.39 is 16.0 Å². The monoisotopic (exact) mass is 355 g/mol. The summed E-state index contributed by atoms with van der Waals surface area (Å²) in [5.74, 6) is -1.26. The highest BCUT2D eigenvalue weighted by Crippen LogP contribution is 2.22. The number of rotatable bonds is 5. The maximum Gasteiger partial charge on any atom is 0.347 e. The van der Waals surface area contributed by atoms with Gasteiger partial charge in [0, 0.05) is 6.54 Å². The average molecular weight is 355 g/mol. The first kappa shape index (κ1) is 15.0. The molecule has 0 aliphatic carbocycles. The minimum Gasteiger partial charge on any atom is -0.477 e. The smallest absolute Gasteiger partial charge is 0.347 e. The minimum absolute atomic E-state index is 0.0463. The number of nitrogens with one attached hydrogen (secondary N) is 1. The third-order valence-electron chi connectivity index (χ3n) is 2.90. The van der Waals surface area contributed by atoms with Crippen LogP contribution >= 0.6 is 23.1 Å². The van der Waals surface area contributed by atoms with Crippen LogP contribution in [0.4, 0.5) is 0 Å². The summed E-state index contributed by atoms with van der Waals surface area (Å²) in [5, 5.41) is 10.4. The van der Waals surface area contributed by atoms with Gasteiger partial charge >= 0.3 is 5.97 Å². The van der Waals surface area contributed by atoms with Crippen LogP contribution in [-0.2, 0) is 16.6 Å². The van der Waals surface area contributed by atoms with Crippen LogP contribution in [0.2, 0.25) is 0 Å². The van der Waals surface area contributed by atoms with E-state index in [9.17, 15) is 13.2 Å². The number of fused-ring (bicyclic) bond motifs is 1. The summed E-state index contributed by atoms with van der Waals surface area (Å²) < 4.78 is 35.0. The molecule has 3 aromatic rings. The molecule has 0 aliphatic rings. The van der Waals surface area contributed by atoms with E-state index in [4.69, 9.17) is 5.11 Å². The third kappa shape index (κ3) is 2.86. The van der Waals surface area contributed by atoms with Crippen LogP contribution in [0.15, 0.2) is 34.5 Å². The van der Waals surface area contributed by atoms with Crippen LogP contribution in [0.25, 0.3) is 11.0 Å². The predicted molar refractivity (Wildman–Crippen MR) is 82.7 cm³/mol. The van der Waals surface area contributed by atoms with Crippen LogP contribution in [-0.4, -0.2) is 28.2 Å². The van der Waals surface area contributed by atoms with Crippen molar-refractivity contribution in [2.75, 3.05) is 0 Å². The molecule has 0 fully saturated rings. The fraction of sp³-hybridized carbons (Fsp3) is 0.0833. The van der Waals surface area contributed by atoms with Crippen molar-refractivity contribution >= 4 is 50.1 Å². The summed E-state index contributed by atoms with van der Waals surface area (Å²) in [4.78, 5) is 10.6. The van der Waals surface area contributed by atoms with E-state index in [-0.39, 0.29) is 16.3 Å². The van der Waals surface area contributed by atoms with E-state index in [1.54, 1.807) is 18.2 Å². The van der Waals surface area contributed by atoms with Crippen molar-refractivity contribution in [3.63, 3.8) is 0 Å². The number of carbonyl (C=O) groups is 1. The molecule has 0 bridgehead atoms. The Morgan fingerprint density at radius 3 is 2.77 bits per heavy atom. The third-order valence-corrected chi connectivity index (χ3v) is 5.93. The lowest BCUT2D eigenvalue weighted by Crippen LogP contribution is -2.24. The first-order valence-corrected chi connectivity index (χ1v) is 9.08. The Morgan fingerprint density at radius 2 is 2.00 bits per heavy atom. The Labute approximate surface area is 133 Å². The van der Waals surface area contributed by atoms with E-state index in [0.29, 0.717) is 5.52 Å². The highest BCUT2D eigenvalue weighted by Gasteiger charge is 2.23. The highest BCUT2D eigenvalue weighted by molar-refractivity contribution is 7.89. The Kier molecular flexibility index (Phi) is 3.91. The number of aromatic nitrogens is 2. The zero-order valence-corrected chi connectivity index (χ0v) is 13.3. The van der Waals surface area contributed by atoms with Crippen LogP contribution < -0.4 is 4.72 Å². The molecule has 2 aromatic heterocycles. The van der Waals surface area contributed by atoms with Gasteiger partial charge < -0.3 is 5.11 Å². The first-order chi connectivity index (χ1) is 10.5. The number of carboxylic acid groups (broad SMARTS) is 1. The molecular weight excluding hydrogens is 346 g/mol. The quantitative estimate of drug-likeness (QED) is 0.724. The molecule has 1 aromatic carbocycles. The van der Waals surface area contributed by atoms with Gasteiger partial charge in [-0.25, -0.2) is 17.9 Å². The maximum absolute atomic E-state index is 12.2. The number of aromatic carboxylic acids is 1. The number of sulfonamides is 1. The fourth-order valence-corrected chi connectivity index (χ4v) is 4.65. The van der Waals surface area contributed by atoms with Crippen LogP contribution in [0.3, 0.4) is 0 Å². The molecule has 2 heterocycles. The molecule has 0 amide bonds. The summed E-state index contributed by atoms with van der Waals surface area (Å²) in [5.41, 5.74) is 2.17. The topological polar surface area (TPSA) is 109 Å². The Morgan fingerprint density at radius 1 is 1.23 bits per heavy atom. The zero-order chi connectivity index (χ0) is 15.7. The molecule has 2 N–H and O–H groups in total. The first-order valence-electron chi connectivity index (χ1n) is 5.99. The van der Waals surface area contributed by atoms with Crippen LogP contribution in [0.1, 0.15) is 15.2 Å². The lowest BCUT2D eigenvalue weighted by atomic mass is 10.2. The number of hydrogen-bond acceptors (Lipinski definition) is 7. The van der Waals surface area contributed by atoms with Gasteiger partial charge in [0.05, 0.1) is 11.7 Å². The lowest BCUT2D eigenvalue weighted by molar-refractivity contribution is 0.0698. The van der Waals surface area contributed by atoms with E-state index in [1.165, 1.54) is 11.4 Å². The molecule has 0 saturated heterocycles. The van der Waals surface area contributed by atoms with Gasteiger partial charge in [-0.3, -0.25) is 0 Å². The number of benzene rings is 1. The van der Waals surface area contributed by atoms with Crippen LogP contribution in [0, 0.1) is 0 Å². The van der Waals surface area contributed by atoms with Gasteiger partial charge in [-0.1, -0.05) is 6.07 Å². The van der Waals surface area contributed by atoms with Crippen molar-refractivity contribution in [3.8, 4) is 0 Å². The number of carboxylic acids is 1. The molecular formula is C12H9N3O4S3. The summed E-state index contributed by atoms with van der Waals surface area (Å²) >= 11 is 1.96. The largest absolute Gasteiger partial charge is 0.477 e. The lowest BCUT2D eigenvalue weighted by Gasteiger charge is -2.06. The maximum atomic E-state index is 12.2. The number of nitrogens with zero attached hydrogens (tertiary/aromatic N) is 2. The molecule has 0 spiro atoms. The SMILES string of the molecule is O=C(O)c1sccc1S(=O)(=O)NCc1ccc2nsnc2c1. The van der Waals surface area contributed by atoms with Crippen molar-refractivity contribution in [2.24, 2.45) is 0 Å². The minimum atomic E-state index is -3.88. The van der Waals surface area contributed by atoms with Crippen molar-refractivity contribution in [1.82, 2.24) is 13.5 Å².